The van der Waals surface area contributed by atoms with Crippen LogP contribution in [0, 0.1) is 0 Å². The molecule has 1 heterocycles. The number of hydrogen-bond acceptors (Lipinski definition) is 1. The fourth-order valence-electron chi connectivity index (χ4n) is 2.10. The summed E-state index contributed by atoms with van der Waals surface area (Å²) in [6.45, 7) is 11.3. The molecule has 0 saturated carbocycles. The molecule has 0 aromatic heterocycles. The van der Waals surface area contributed by atoms with Crippen molar-refractivity contribution < 1.29 is 0 Å². The molecule has 1 nitrogen and oxygen atoms in total. The maximum atomic E-state index is 2.52. The first-order valence-electron chi connectivity index (χ1n) is 4.39. The Labute approximate surface area is 70.1 Å². The van der Waals surface area contributed by atoms with Crippen LogP contribution in [-0.2, 0) is 0 Å². The maximum Gasteiger partial charge on any atom is 0.0261 e. The van der Waals surface area contributed by atoms with Gasteiger partial charge >= 0.3 is 0 Å². The molecule has 1 aliphatic heterocycles. The van der Waals surface area contributed by atoms with Crippen molar-refractivity contribution in [2.75, 3.05) is 0 Å². The van der Waals surface area contributed by atoms with Crippen LogP contribution in [0.1, 0.15) is 34.6 Å². The van der Waals surface area contributed by atoms with Crippen LogP contribution in [0.2, 0.25) is 0 Å². The Morgan fingerprint density at radius 3 is 1.55 bits per heavy atom. The smallest absolute Gasteiger partial charge is 0.0261 e. The van der Waals surface area contributed by atoms with E-state index in [-0.39, 0.29) is 0 Å². The Morgan fingerprint density at radius 1 is 1.00 bits per heavy atom. The van der Waals surface area contributed by atoms with E-state index in [1.807, 2.05) is 0 Å². The molecule has 0 aromatic rings. The van der Waals surface area contributed by atoms with Crippen LogP contribution in [0.4, 0.5) is 0 Å². The lowest BCUT2D eigenvalue weighted by Crippen LogP contribution is -2.47. The van der Waals surface area contributed by atoms with Gasteiger partial charge in [0.05, 0.1) is 0 Å². The van der Waals surface area contributed by atoms with Gasteiger partial charge in [-0.1, -0.05) is 12.2 Å². The van der Waals surface area contributed by atoms with Gasteiger partial charge in [0.25, 0.3) is 0 Å². The fourth-order valence-corrected chi connectivity index (χ4v) is 2.10. The van der Waals surface area contributed by atoms with Crippen molar-refractivity contribution in [3.8, 4) is 0 Å². The van der Waals surface area contributed by atoms with Crippen molar-refractivity contribution in [2.45, 2.75) is 52.2 Å². The quantitative estimate of drug-likeness (QED) is 0.483. The van der Waals surface area contributed by atoms with Gasteiger partial charge in [-0.05, 0) is 34.6 Å². The van der Waals surface area contributed by atoms with Crippen molar-refractivity contribution in [1.82, 2.24) is 4.90 Å². The molecule has 11 heavy (non-hydrogen) atoms. The minimum Gasteiger partial charge on any atom is -0.286 e. The first-order chi connectivity index (χ1) is 4.93. The molecule has 64 valence electrons. The second-order valence-corrected chi connectivity index (χ2v) is 4.44. The molecule has 0 fully saturated rings. The third-order valence-corrected chi connectivity index (χ3v) is 2.32. The molecule has 1 heteroatoms. The highest BCUT2D eigenvalue weighted by Gasteiger charge is 2.31. The van der Waals surface area contributed by atoms with Crippen molar-refractivity contribution in [1.29, 1.82) is 0 Å². The average Bonchev–Trinajstić information content (AvgIpc) is 2.08. The van der Waals surface area contributed by atoms with Gasteiger partial charge in [0.2, 0.25) is 0 Å². The zero-order valence-corrected chi connectivity index (χ0v) is 8.26. The Balaban J connectivity index is 2.74. The van der Waals surface area contributed by atoms with Crippen LogP contribution >= 0.6 is 0 Å². The van der Waals surface area contributed by atoms with Gasteiger partial charge in [-0.25, -0.2) is 0 Å². The van der Waals surface area contributed by atoms with Crippen LogP contribution in [-0.4, -0.2) is 22.5 Å². The van der Waals surface area contributed by atoms with E-state index >= 15 is 0 Å². The summed E-state index contributed by atoms with van der Waals surface area (Å²) in [5.74, 6) is 0. The van der Waals surface area contributed by atoms with Crippen LogP contribution in [0.25, 0.3) is 0 Å². The summed E-state index contributed by atoms with van der Waals surface area (Å²) in [5, 5.41) is 0. The van der Waals surface area contributed by atoms with Crippen molar-refractivity contribution >= 4 is 0 Å². The van der Waals surface area contributed by atoms with E-state index < -0.39 is 0 Å². The number of hydrogen-bond donors (Lipinski definition) is 0. The van der Waals surface area contributed by atoms with Crippen LogP contribution in [0.15, 0.2) is 12.2 Å². The van der Waals surface area contributed by atoms with Gasteiger partial charge in [0.1, 0.15) is 0 Å². The molecule has 0 N–H and O–H groups in total. The SMILES string of the molecule is CC1C=CC(C)N1C(C)(C)C. The molecule has 0 saturated heterocycles. The molecule has 0 aliphatic carbocycles. The Hall–Kier alpha value is -0.300. The fraction of sp³-hybridized carbons (Fsp3) is 0.800. The molecule has 0 spiro atoms. The molecule has 0 aromatic carbocycles. The molecule has 2 unspecified atom stereocenters. The van der Waals surface area contributed by atoms with E-state index in [4.69, 9.17) is 0 Å². The minimum absolute atomic E-state index is 0.294. The lowest BCUT2D eigenvalue weighted by Gasteiger charge is -2.39. The maximum absolute atomic E-state index is 2.52. The highest BCUT2D eigenvalue weighted by molar-refractivity contribution is 5.10. The molecule has 0 radical (unpaired) electrons. The van der Waals surface area contributed by atoms with E-state index in [9.17, 15) is 0 Å². The summed E-state index contributed by atoms with van der Waals surface area (Å²) in [7, 11) is 0. The second-order valence-electron chi connectivity index (χ2n) is 4.44. The zero-order chi connectivity index (χ0) is 8.65. The van der Waals surface area contributed by atoms with E-state index in [0.717, 1.165) is 0 Å². The Morgan fingerprint density at radius 2 is 1.36 bits per heavy atom. The van der Waals surface area contributed by atoms with Crippen LogP contribution in [0.5, 0.6) is 0 Å². The summed E-state index contributed by atoms with van der Waals surface area (Å²) in [4.78, 5) is 2.52. The average molecular weight is 153 g/mol. The second kappa shape index (κ2) is 2.63. The van der Waals surface area contributed by atoms with Crippen molar-refractivity contribution in [2.24, 2.45) is 0 Å². The van der Waals surface area contributed by atoms with Gasteiger partial charge < -0.3 is 0 Å². The van der Waals surface area contributed by atoms with Gasteiger partial charge in [-0.2, -0.15) is 0 Å². The standard InChI is InChI=1S/C10H19N/c1-8-6-7-9(2)11(8)10(3,4)5/h6-9H,1-5H3. The minimum atomic E-state index is 0.294. The van der Waals surface area contributed by atoms with E-state index in [1.54, 1.807) is 0 Å². The van der Waals surface area contributed by atoms with E-state index in [2.05, 4.69) is 51.7 Å². The lowest BCUT2D eigenvalue weighted by molar-refractivity contribution is 0.102. The molecule has 0 amide bonds. The van der Waals surface area contributed by atoms with Crippen molar-refractivity contribution in [3.63, 3.8) is 0 Å². The summed E-state index contributed by atoms with van der Waals surface area (Å²) >= 11 is 0. The summed E-state index contributed by atoms with van der Waals surface area (Å²) in [6.07, 6.45) is 4.58. The molecular weight excluding hydrogens is 134 g/mol. The van der Waals surface area contributed by atoms with Gasteiger partial charge in [0.15, 0.2) is 0 Å². The largest absolute Gasteiger partial charge is 0.286 e. The van der Waals surface area contributed by atoms with Gasteiger partial charge in [-0.15, -0.1) is 0 Å². The predicted octanol–water partition coefficient (Wildman–Crippen LogP) is 2.43. The zero-order valence-electron chi connectivity index (χ0n) is 8.26. The highest BCUT2D eigenvalue weighted by atomic mass is 15.2. The Kier molecular flexibility index (Phi) is 2.10. The summed E-state index contributed by atoms with van der Waals surface area (Å²) in [6, 6.07) is 1.20. The van der Waals surface area contributed by atoms with E-state index in [0.29, 0.717) is 17.6 Å². The molecular formula is C10H19N. The van der Waals surface area contributed by atoms with Crippen LogP contribution in [0.3, 0.4) is 0 Å². The van der Waals surface area contributed by atoms with Gasteiger partial charge in [0, 0.05) is 17.6 Å². The molecule has 2 atom stereocenters. The highest BCUT2D eigenvalue weighted by Crippen LogP contribution is 2.25. The number of rotatable bonds is 0. The predicted molar refractivity (Wildman–Crippen MR) is 49.7 cm³/mol. The first kappa shape index (κ1) is 8.79. The summed E-state index contributed by atoms with van der Waals surface area (Å²) in [5.41, 5.74) is 0.294. The third-order valence-electron chi connectivity index (χ3n) is 2.32. The topological polar surface area (TPSA) is 3.24 Å². The third kappa shape index (κ3) is 1.64. The van der Waals surface area contributed by atoms with E-state index in [1.165, 1.54) is 0 Å². The van der Waals surface area contributed by atoms with Crippen molar-refractivity contribution in [3.05, 3.63) is 12.2 Å². The number of nitrogens with zero attached hydrogens (tertiary/aromatic N) is 1. The lowest BCUT2D eigenvalue weighted by atomic mass is 10.0. The Bertz CT molecular complexity index is 152. The monoisotopic (exact) mass is 153 g/mol. The molecule has 1 rings (SSSR count). The molecule has 0 bridgehead atoms. The first-order valence-corrected chi connectivity index (χ1v) is 4.39. The van der Waals surface area contributed by atoms with Gasteiger partial charge in [-0.3, -0.25) is 4.90 Å². The molecule has 1 aliphatic rings. The normalized spacial score (nSPS) is 33.2. The van der Waals surface area contributed by atoms with Crippen LogP contribution < -0.4 is 0 Å². The summed E-state index contributed by atoms with van der Waals surface area (Å²) < 4.78 is 0.